The van der Waals surface area contributed by atoms with E-state index >= 15 is 0 Å². The third-order valence-electron chi connectivity index (χ3n) is 3.53. The monoisotopic (exact) mass is 181 g/mol. The van der Waals surface area contributed by atoms with Crippen LogP contribution >= 0.6 is 0 Å². The number of rotatable bonds is 0. The van der Waals surface area contributed by atoms with E-state index in [1.54, 1.807) is 0 Å². The lowest BCUT2D eigenvalue weighted by Gasteiger charge is -2.36. The quantitative estimate of drug-likeness (QED) is 0.619. The van der Waals surface area contributed by atoms with Gasteiger partial charge in [0.25, 0.3) is 0 Å². The van der Waals surface area contributed by atoms with E-state index in [2.05, 4.69) is 5.32 Å². The van der Waals surface area contributed by atoms with Crippen LogP contribution in [0.4, 0.5) is 0 Å². The lowest BCUT2D eigenvalue weighted by molar-refractivity contribution is -0.127. The first-order valence-electron chi connectivity index (χ1n) is 5.62. The van der Waals surface area contributed by atoms with Crippen LogP contribution in [-0.4, -0.2) is 17.9 Å². The van der Waals surface area contributed by atoms with E-state index in [1.807, 2.05) is 0 Å². The van der Waals surface area contributed by atoms with Crippen molar-refractivity contribution in [1.82, 2.24) is 5.32 Å². The SMILES string of the molecule is O=C1CCCNC12CCCCCC2. The molecule has 0 unspecified atom stereocenters. The minimum absolute atomic E-state index is 0.0885. The molecule has 2 nitrogen and oxygen atoms in total. The predicted octanol–water partition coefficient (Wildman–Crippen LogP) is 2.03. The molecule has 2 rings (SSSR count). The highest BCUT2D eigenvalue weighted by Crippen LogP contribution is 2.31. The van der Waals surface area contributed by atoms with Gasteiger partial charge in [0.05, 0.1) is 5.54 Å². The van der Waals surface area contributed by atoms with Crippen LogP contribution in [0.1, 0.15) is 51.4 Å². The van der Waals surface area contributed by atoms with Crippen LogP contribution < -0.4 is 5.32 Å². The lowest BCUT2D eigenvalue weighted by atomic mass is 9.81. The van der Waals surface area contributed by atoms with E-state index in [0.29, 0.717) is 5.78 Å². The first-order chi connectivity index (χ1) is 6.33. The number of hydrogen-bond acceptors (Lipinski definition) is 2. The van der Waals surface area contributed by atoms with Crippen molar-refractivity contribution in [2.24, 2.45) is 0 Å². The Labute approximate surface area is 80.1 Å². The van der Waals surface area contributed by atoms with Crippen molar-refractivity contribution < 1.29 is 4.79 Å². The van der Waals surface area contributed by atoms with Gasteiger partial charge in [-0.2, -0.15) is 0 Å². The predicted molar refractivity (Wildman–Crippen MR) is 52.7 cm³/mol. The molecule has 1 N–H and O–H groups in total. The molecule has 1 aliphatic heterocycles. The molecule has 0 bridgehead atoms. The van der Waals surface area contributed by atoms with Gasteiger partial charge in [0.1, 0.15) is 0 Å². The Bertz CT molecular complexity index is 192. The molecular weight excluding hydrogens is 162 g/mol. The highest BCUT2D eigenvalue weighted by molar-refractivity contribution is 5.89. The minimum atomic E-state index is -0.0885. The molecule has 13 heavy (non-hydrogen) atoms. The number of piperidine rings is 1. The molecule has 0 aromatic heterocycles. The summed E-state index contributed by atoms with van der Waals surface area (Å²) in [5.41, 5.74) is -0.0885. The molecule has 1 saturated heterocycles. The van der Waals surface area contributed by atoms with Crippen LogP contribution in [-0.2, 0) is 4.79 Å². The molecule has 0 aromatic rings. The normalized spacial score (nSPS) is 28.8. The molecule has 1 spiro atoms. The van der Waals surface area contributed by atoms with Crippen molar-refractivity contribution in [3.8, 4) is 0 Å². The number of hydrogen-bond donors (Lipinski definition) is 1. The zero-order chi connectivity index (χ0) is 9.15. The Hall–Kier alpha value is -0.370. The molecule has 1 saturated carbocycles. The summed E-state index contributed by atoms with van der Waals surface area (Å²) in [6.45, 7) is 1.05. The second-order valence-corrected chi connectivity index (χ2v) is 4.45. The number of Topliss-reactive ketones (excluding diaryl/α,β-unsaturated/α-hetero) is 1. The van der Waals surface area contributed by atoms with Crippen molar-refractivity contribution in [2.45, 2.75) is 56.9 Å². The van der Waals surface area contributed by atoms with Crippen molar-refractivity contribution in [3.63, 3.8) is 0 Å². The van der Waals surface area contributed by atoms with Gasteiger partial charge < -0.3 is 5.32 Å². The van der Waals surface area contributed by atoms with Crippen LogP contribution in [0.5, 0.6) is 0 Å². The fraction of sp³-hybridized carbons (Fsp3) is 0.909. The zero-order valence-electron chi connectivity index (χ0n) is 8.27. The number of carbonyl (C=O) groups is 1. The van der Waals surface area contributed by atoms with Crippen molar-refractivity contribution in [3.05, 3.63) is 0 Å². The molecule has 0 amide bonds. The maximum absolute atomic E-state index is 11.9. The molecule has 2 aliphatic rings. The Balaban J connectivity index is 2.09. The van der Waals surface area contributed by atoms with Gasteiger partial charge in [-0.1, -0.05) is 25.7 Å². The maximum Gasteiger partial charge on any atom is 0.152 e. The Morgan fingerprint density at radius 2 is 1.69 bits per heavy atom. The van der Waals surface area contributed by atoms with Crippen LogP contribution in [0.15, 0.2) is 0 Å². The van der Waals surface area contributed by atoms with E-state index in [9.17, 15) is 4.79 Å². The number of ketones is 1. The summed E-state index contributed by atoms with van der Waals surface area (Å²) in [5, 5.41) is 3.47. The topological polar surface area (TPSA) is 29.1 Å². The fourth-order valence-electron chi connectivity index (χ4n) is 2.70. The van der Waals surface area contributed by atoms with Crippen LogP contribution in [0, 0.1) is 0 Å². The molecular formula is C11H19NO. The lowest BCUT2D eigenvalue weighted by Crippen LogP contribution is -2.55. The highest BCUT2D eigenvalue weighted by Gasteiger charge is 2.38. The molecule has 2 heteroatoms. The second kappa shape index (κ2) is 3.79. The standard InChI is InChI=1S/C11H19NO/c13-10-6-5-9-12-11(10)7-3-1-2-4-8-11/h12H,1-9H2. The molecule has 2 fully saturated rings. The van der Waals surface area contributed by atoms with Gasteiger partial charge in [-0.15, -0.1) is 0 Å². The first-order valence-corrected chi connectivity index (χ1v) is 5.62. The average Bonchev–Trinajstić information content (AvgIpc) is 2.37. The number of carbonyl (C=O) groups excluding carboxylic acids is 1. The largest absolute Gasteiger partial charge is 0.305 e. The molecule has 1 heterocycles. The van der Waals surface area contributed by atoms with E-state index in [0.717, 1.165) is 32.2 Å². The van der Waals surface area contributed by atoms with Crippen LogP contribution in [0.3, 0.4) is 0 Å². The van der Waals surface area contributed by atoms with Crippen LogP contribution in [0.2, 0.25) is 0 Å². The molecule has 0 aromatic carbocycles. The summed E-state index contributed by atoms with van der Waals surface area (Å²) < 4.78 is 0. The third kappa shape index (κ3) is 1.78. The molecule has 0 radical (unpaired) electrons. The van der Waals surface area contributed by atoms with E-state index < -0.39 is 0 Å². The van der Waals surface area contributed by atoms with Gasteiger partial charge in [-0.3, -0.25) is 4.79 Å². The summed E-state index contributed by atoms with van der Waals surface area (Å²) in [7, 11) is 0. The highest BCUT2D eigenvalue weighted by atomic mass is 16.1. The molecule has 0 atom stereocenters. The van der Waals surface area contributed by atoms with E-state index in [-0.39, 0.29) is 5.54 Å². The van der Waals surface area contributed by atoms with Crippen molar-refractivity contribution in [2.75, 3.05) is 6.54 Å². The first kappa shape index (κ1) is 9.20. The van der Waals surface area contributed by atoms with Gasteiger partial charge in [0, 0.05) is 6.42 Å². The summed E-state index contributed by atoms with van der Waals surface area (Å²) >= 11 is 0. The summed E-state index contributed by atoms with van der Waals surface area (Å²) in [6.07, 6.45) is 9.14. The van der Waals surface area contributed by atoms with Gasteiger partial charge >= 0.3 is 0 Å². The zero-order valence-corrected chi connectivity index (χ0v) is 8.27. The average molecular weight is 181 g/mol. The van der Waals surface area contributed by atoms with Crippen molar-refractivity contribution >= 4 is 5.78 Å². The maximum atomic E-state index is 11.9. The summed E-state index contributed by atoms with van der Waals surface area (Å²) in [5.74, 6) is 0.487. The Morgan fingerprint density at radius 3 is 2.31 bits per heavy atom. The van der Waals surface area contributed by atoms with Crippen molar-refractivity contribution in [1.29, 1.82) is 0 Å². The van der Waals surface area contributed by atoms with Gasteiger partial charge in [-0.25, -0.2) is 0 Å². The number of nitrogens with one attached hydrogen (secondary N) is 1. The van der Waals surface area contributed by atoms with E-state index in [4.69, 9.17) is 0 Å². The molecule has 74 valence electrons. The smallest absolute Gasteiger partial charge is 0.152 e. The fourth-order valence-corrected chi connectivity index (χ4v) is 2.70. The van der Waals surface area contributed by atoms with Gasteiger partial charge in [0.15, 0.2) is 5.78 Å². The second-order valence-electron chi connectivity index (χ2n) is 4.45. The summed E-state index contributed by atoms with van der Waals surface area (Å²) in [6, 6.07) is 0. The Morgan fingerprint density at radius 1 is 1.00 bits per heavy atom. The summed E-state index contributed by atoms with van der Waals surface area (Å²) in [4.78, 5) is 11.9. The van der Waals surface area contributed by atoms with Gasteiger partial charge in [-0.05, 0) is 25.8 Å². The third-order valence-corrected chi connectivity index (χ3v) is 3.53. The van der Waals surface area contributed by atoms with E-state index in [1.165, 1.54) is 25.7 Å². The Kier molecular flexibility index (Phi) is 2.68. The molecule has 1 aliphatic carbocycles. The van der Waals surface area contributed by atoms with Crippen LogP contribution in [0.25, 0.3) is 0 Å². The minimum Gasteiger partial charge on any atom is -0.305 e. The van der Waals surface area contributed by atoms with Gasteiger partial charge in [0.2, 0.25) is 0 Å².